The second-order valence-electron chi connectivity index (χ2n) is 5.62. The summed E-state index contributed by atoms with van der Waals surface area (Å²) in [5.74, 6) is 0.618. The van der Waals surface area contributed by atoms with Crippen LogP contribution in [0, 0.1) is 5.41 Å². The van der Waals surface area contributed by atoms with Crippen LogP contribution in [-0.2, 0) is 0 Å². The molecule has 1 aliphatic carbocycles. The van der Waals surface area contributed by atoms with Crippen LogP contribution in [0.3, 0.4) is 0 Å². The second kappa shape index (κ2) is 7.74. The zero-order valence-corrected chi connectivity index (χ0v) is 12.1. The van der Waals surface area contributed by atoms with Crippen LogP contribution in [0.25, 0.3) is 0 Å². The van der Waals surface area contributed by atoms with E-state index in [4.69, 9.17) is 5.11 Å². The van der Waals surface area contributed by atoms with Crippen LogP contribution in [0.15, 0.2) is 0 Å². The molecule has 114 valence electrons. The van der Waals surface area contributed by atoms with Gasteiger partial charge in [0, 0.05) is 13.1 Å². The number of halogens is 3. The molecule has 1 N–H and O–H groups in total. The molecular formula is C13H24F3NOS. The van der Waals surface area contributed by atoms with Gasteiger partial charge in [-0.15, -0.1) is 0 Å². The minimum absolute atomic E-state index is 0.0784. The first kappa shape index (κ1) is 17.1. The molecule has 0 aromatic carbocycles. The molecule has 0 bridgehead atoms. The normalized spacial score (nSPS) is 20.5. The Morgan fingerprint density at radius 2 is 1.68 bits per heavy atom. The topological polar surface area (TPSA) is 23.5 Å². The van der Waals surface area contributed by atoms with E-state index in [0.29, 0.717) is 12.3 Å². The maximum Gasteiger partial charge on any atom is 0.401 e. The molecule has 0 unspecified atom stereocenters. The Kier molecular flexibility index (Phi) is 6.97. The van der Waals surface area contributed by atoms with Gasteiger partial charge >= 0.3 is 6.18 Å². The SMILES string of the molecule is OCCN(CC(F)(F)F)CC1(CS)CCCCCC1. The summed E-state index contributed by atoms with van der Waals surface area (Å²) in [6.07, 6.45) is 2.13. The van der Waals surface area contributed by atoms with Crippen molar-refractivity contribution in [1.82, 2.24) is 4.90 Å². The molecule has 1 saturated carbocycles. The van der Waals surface area contributed by atoms with Gasteiger partial charge in [-0.3, -0.25) is 4.90 Å². The highest BCUT2D eigenvalue weighted by Crippen LogP contribution is 2.37. The number of aliphatic hydroxyl groups is 1. The van der Waals surface area contributed by atoms with Gasteiger partial charge in [0.25, 0.3) is 0 Å². The molecule has 0 atom stereocenters. The third-order valence-electron chi connectivity index (χ3n) is 3.88. The molecule has 19 heavy (non-hydrogen) atoms. The lowest BCUT2D eigenvalue weighted by Crippen LogP contribution is -2.44. The van der Waals surface area contributed by atoms with Crippen molar-refractivity contribution in [3.63, 3.8) is 0 Å². The van der Waals surface area contributed by atoms with E-state index in [1.807, 2.05) is 0 Å². The minimum atomic E-state index is -4.21. The maximum atomic E-state index is 12.5. The third-order valence-corrected chi connectivity index (χ3v) is 4.55. The lowest BCUT2D eigenvalue weighted by molar-refractivity contribution is -0.150. The number of hydrogen-bond acceptors (Lipinski definition) is 3. The molecule has 0 spiro atoms. The number of nitrogens with zero attached hydrogens (tertiary/aromatic N) is 1. The first-order valence-electron chi connectivity index (χ1n) is 6.92. The van der Waals surface area contributed by atoms with Crippen LogP contribution in [0.2, 0.25) is 0 Å². The number of alkyl halides is 3. The van der Waals surface area contributed by atoms with Gasteiger partial charge in [0.1, 0.15) is 0 Å². The first-order chi connectivity index (χ1) is 8.91. The quantitative estimate of drug-likeness (QED) is 0.581. The largest absolute Gasteiger partial charge is 0.401 e. The summed E-state index contributed by atoms with van der Waals surface area (Å²) in [5.41, 5.74) is -0.125. The number of hydrogen-bond donors (Lipinski definition) is 2. The second-order valence-corrected chi connectivity index (χ2v) is 5.94. The van der Waals surface area contributed by atoms with Crippen molar-refractivity contribution < 1.29 is 18.3 Å². The van der Waals surface area contributed by atoms with Crippen molar-refractivity contribution in [3.05, 3.63) is 0 Å². The van der Waals surface area contributed by atoms with Gasteiger partial charge in [-0.25, -0.2) is 0 Å². The van der Waals surface area contributed by atoms with E-state index in [0.717, 1.165) is 38.5 Å². The summed E-state index contributed by atoms with van der Waals surface area (Å²) < 4.78 is 37.6. The monoisotopic (exact) mass is 299 g/mol. The summed E-state index contributed by atoms with van der Waals surface area (Å²) in [7, 11) is 0. The Labute approximate surface area is 118 Å². The number of thiol groups is 1. The summed E-state index contributed by atoms with van der Waals surface area (Å²) >= 11 is 4.38. The fraction of sp³-hybridized carbons (Fsp3) is 1.00. The smallest absolute Gasteiger partial charge is 0.395 e. The molecule has 1 fully saturated rings. The zero-order valence-electron chi connectivity index (χ0n) is 11.3. The van der Waals surface area contributed by atoms with Gasteiger partial charge in [-0.05, 0) is 24.0 Å². The van der Waals surface area contributed by atoms with Gasteiger partial charge in [0.2, 0.25) is 0 Å². The average molecular weight is 299 g/mol. The molecule has 0 aromatic rings. The molecule has 1 aliphatic rings. The van der Waals surface area contributed by atoms with Crippen LogP contribution in [0.5, 0.6) is 0 Å². The number of rotatable bonds is 6. The highest BCUT2D eigenvalue weighted by atomic mass is 32.1. The van der Waals surface area contributed by atoms with Crippen LogP contribution >= 0.6 is 12.6 Å². The van der Waals surface area contributed by atoms with E-state index in [2.05, 4.69) is 12.6 Å². The lowest BCUT2D eigenvalue weighted by Gasteiger charge is -2.37. The van der Waals surface area contributed by atoms with E-state index in [1.165, 1.54) is 4.90 Å². The van der Waals surface area contributed by atoms with Crippen LogP contribution in [0.1, 0.15) is 38.5 Å². The van der Waals surface area contributed by atoms with Gasteiger partial charge in [0.05, 0.1) is 13.2 Å². The average Bonchev–Trinajstić information content (AvgIpc) is 2.53. The van der Waals surface area contributed by atoms with Gasteiger partial charge in [-0.2, -0.15) is 25.8 Å². The molecule has 0 aliphatic heterocycles. The van der Waals surface area contributed by atoms with Crippen molar-refractivity contribution >= 4 is 12.6 Å². The molecule has 0 saturated heterocycles. The van der Waals surface area contributed by atoms with Crippen molar-refractivity contribution in [2.24, 2.45) is 5.41 Å². The van der Waals surface area contributed by atoms with Gasteiger partial charge in [0.15, 0.2) is 0 Å². The Hall–Kier alpha value is 0.0600. The molecule has 0 aromatic heterocycles. The van der Waals surface area contributed by atoms with Gasteiger partial charge in [-0.1, -0.05) is 25.7 Å². The van der Waals surface area contributed by atoms with E-state index in [1.54, 1.807) is 0 Å². The van der Waals surface area contributed by atoms with Crippen LogP contribution in [-0.4, -0.2) is 48.2 Å². The Morgan fingerprint density at radius 3 is 2.11 bits per heavy atom. The fourth-order valence-electron chi connectivity index (χ4n) is 2.93. The minimum Gasteiger partial charge on any atom is -0.395 e. The van der Waals surface area contributed by atoms with Crippen molar-refractivity contribution in [2.75, 3.05) is 32.0 Å². The van der Waals surface area contributed by atoms with Crippen LogP contribution in [0.4, 0.5) is 13.2 Å². The molecule has 6 heteroatoms. The number of aliphatic hydroxyl groups excluding tert-OH is 1. The van der Waals surface area contributed by atoms with E-state index < -0.39 is 12.7 Å². The Morgan fingerprint density at radius 1 is 1.11 bits per heavy atom. The highest BCUT2D eigenvalue weighted by molar-refractivity contribution is 7.80. The molecule has 1 rings (SSSR count). The Balaban J connectivity index is 2.67. The summed E-state index contributed by atoms with van der Waals surface area (Å²) in [6.45, 7) is -0.715. The molecule has 0 radical (unpaired) electrons. The van der Waals surface area contributed by atoms with Crippen molar-refractivity contribution in [2.45, 2.75) is 44.7 Å². The molecule has 2 nitrogen and oxygen atoms in total. The Bertz CT molecular complexity index is 253. The van der Waals surface area contributed by atoms with Gasteiger partial charge < -0.3 is 5.11 Å². The summed E-state index contributed by atoms with van der Waals surface area (Å²) in [4.78, 5) is 1.33. The standard InChI is InChI=1S/C13H24F3NOS/c14-13(15,16)10-17(7-8-18)9-12(11-19)5-3-1-2-4-6-12/h18-19H,1-11H2. The van der Waals surface area contributed by atoms with E-state index in [9.17, 15) is 13.2 Å². The molecular weight excluding hydrogens is 275 g/mol. The maximum absolute atomic E-state index is 12.5. The van der Waals surface area contributed by atoms with Crippen molar-refractivity contribution in [1.29, 1.82) is 0 Å². The predicted molar refractivity (Wildman–Crippen MR) is 73.6 cm³/mol. The highest BCUT2D eigenvalue weighted by Gasteiger charge is 2.36. The molecule has 0 heterocycles. The van der Waals surface area contributed by atoms with Crippen molar-refractivity contribution in [3.8, 4) is 0 Å². The third kappa shape index (κ3) is 6.36. The zero-order chi connectivity index (χ0) is 14.4. The van der Waals surface area contributed by atoms with E-state index in [-0.39, 0.29) is 18.6 Å². The summed E-state index contributed by atoms with van der Waals surface area (Å²) in [6, 6.07) is 0. The molecule has 0 amide bonds. The lowest BCUT2D eigenvalue weighted by atomic mass is 9.81. The first-order valence-corrected chi connectivity index (χ1v) is 7.55. The predicted octanol–water partition coefficient (Wildman–Crippen LogP) is 3.11. The fourth-order valence-corrected chi connectivity index (χ4v) is 3.34. The summed E-state index contributed by atoms with van der Waals surface area (Å²) in [5, 5.41) is 8.95. The van der Waals surface area contributed by atoms with Crippen LogP contribution < -0.4 is 0 Å². The van der Waals surface area contributed by atoms with E-state index >= 15 is 0 Å².